The van der Waals surface area contributed by atoms with Crippen LogP contribution in [0.3, 0.4) is 0 Å². The molecule has 0 aromatic carbocycles. The molecule has 62 valence electrons. The Labute approximate surface area is 70.2 Å². The van der Waals surface area contributed by atoms with Crippen LogP contribution >= 0.6 is 12.6 Å². The first kappa shape index (κ1) is 10.5. The van der Waals surface area contributed by atoms with Gasteiger partial charge < -0.3 is 8.85 Å². The molecule has 0 N–H and O–H groups in total. The van der Waals surface area contributed by atoms with E-state index in [9.17, 15) is 0 Å². The lowest BCUT2D eigenvalue weighted by molar-refractivity contribution is 0.276. The van der Waals surface area contributed by atoms with E-state index in [4.69, 9.17) is 8.85 Å². The average Bonchev–Trinajstić information content (AvgIpc) is 1.90. The molecule has 0 saturated carbocycles. The molecule has 0 aromatic heterocycles. The van der Waals surface area contributed by atoms with Crippen LogP contribution in [0.2, 0.25) is 6.04 Å². The van der Waals surface area contributed by atoms with Crippen LogP contribution in [-0.4, -0.2) is 28.8 Å². The quantitative estimate of drug-likeness (QED) is 0.506. The molecule has 2 nitrogen and oxygen atoms in total. The Hall–Kier alpha value is 0.487. The van der Waals surface area contributed by atoms with Gasteiger partial charge in [-0.1, -0.05) is 6.92 Å². The first-order chi connectivity index (χ1) is 4.70. The minimum atomic E-state index is -1.30. The molecule has 0 fully saturated rings. The lowest BCUT2D eigenvalue weighted by Gasteiger charge is -2.11. The van der Waals surface area contributed by atoms with Gasteiger partial charge in [-0.2, -0.15) is 12.6 Å². The largest absolute Gasteiger partial charge is 0.400 e. The van der Waals surface area contributed by atoms with Crippen molar-refractivity contribution in [1.29, 1.82) is 0 Å². The fourth-order valence-electron chi connectivity index (χ4n) is 0.709. The Bertz CT molecular complexity index is 76.1. The summed E-state index contributed by atoms with van der Waals surface area (Å²) >= 11 is 4.26. The summed E-state index contributed by atoms with van der Waals surface area (Å²) in [5, 5.41) is 0.459. The Morgan fingerprint density at radius 3 is 2.20 bits per heavy atom. The molecule has 0 radical (unpaired) electrons. The second kappa shape index (κ2) is 6.21. The van der Waals surface area contributed by atoms with Crippen LogP contribution in [0.1, 0.15) is 13.3 Å². The Morgan fingerprint density at radius 1 is 1.40 bits per heavy atom. The van der Waals surface area contributed by atoms with Gasteiger partial charge in [0.2, 0.25) is 0 Å². The molecule has 0 heterocycles. The second-order valence-electron chi connectivity index (χ2n) is 2.33. The highest BCUT2D eigenvalue weighted by atomic mass is 32.1. The standard InChI is InChI=1S/C6H16O2SSi/c1-6(9)4-5-10(7-2)8-3/h6,9-10H,4-5H2,1-3H3. The number of thiol groups is 1. The Morgan fingerprint density at radius 2 is 1.90 bits per heavy atom. The minimum absolute atomic E-state index is 0.459. The van der Waals surface area contributed by atoms with E-state index in [1.165, 1.54) is 0 Å². The van der Waals surface area contributed by atoms with Crippen molar-refractivity contribution in [1.82, 2.24) is 0 Å². The summed E-state index contributed by atoms with van der Waals surface area (Å²) in [6, 6.07) is 1.05. The highest BCUT2D eigenvalue weighted by Crippen LogP contribution is 2.07. The van der Waals surface area contributed by atoms with Gasteiger partial charge >= 0.3 is 9.28 Å². The zero-order valence-corrected chi connectivity index (χ0v) is 8.88. The summed E-state index contributed by atoms with van der Waals surface area (Å²) in [5.74, 6) is 0. The summed E-state index contributed by atoms with van der Waals surface area (Å²) in [6.45, 7) is 2.08. The monoisotopic (exact) mass is 180 g/mol. The lowest BCUT2D eigenvalue weighted by Crippen LogP contribution is -2.19. The van der Waals surface area contributed by atoms with Gasteiger partial charge in [0.05, 0.1) is 0 Å². The molecular formula is C6H16O2SSi. The molecule has 0 aliphatic rings. The van der Waals surface area contributed by atoms with Crippen molar-refractivity contribution in [2.24, 2.45) is 0 Å². The van der Waals surface area contributed by atoms with Gasteiger partial charge in [-0.15, -0.1) is 0 Å². The predicted octanol–water partition coefficient (Wildman–Crippen LogP) is 1.21. The van der Waals surface area contributed by atoms with Gasteiger partial charge in [0.1, 0.15) is 0 Å². The van der Waals surface area contributed by atoms with Crippen LogP contribution in [0.25, 0.3) is 0 Å². The van der Waals surface area contributed by atoms with Crippen LogP contribution in [-0.2, 0) is 8.85 Å². The normalized spacial score (nSPS) is 14.1. The van der Waals surface area contributed by atoms with E-state index in [1.807, 2.05) is 0 Å². The molecule has 0 aromatic rings. The molecule has 0 aliphatic carbocycles. The molecule has 1 unspecified atom stereocenters. The first-order valence-corrected chi connectivity index (χ1v) is 5.72. The summed E-state index contributed by atoms with van der Waals surface area (Å²) < 4.78 is 10.3. The van der Waals surface area contributed by atoms with Crippen molar-refractivity contribution in [2.45, 2.75) is 24.6 Å². The van der Waals surface area contributed by atoms with E-state index in [0.717, 1.165) is 12.5 Å². The van der Waals surface area contributed by atoms with Gasteiger partial charge in [0, 0.05) is 14.2 Å². The molecule has 0 aliphatic heterocycles. The van der Waals surface area contributed by atoms with E-state index < -0.39 is 9.28 Å². The lowest BCUT2D eigenvalue weighted by atomic mass is 10.4. The van der Waals surface area contributed by atoms with Gasteiger partial charge in [0.15, 0.2) is 0 Å². The molecular weight excluding hydrogens is 164 g/mol. The molecule has 0 bridgehead atoms. The maximum atomic E-state index is 5.13. The summed E-state index contributed by atoms with van der Waals surface area (Å²) in [6.07, 6.45) is 1.08. The van der Waals surface area contributed by atoms with Gasteiger partial charge in [-0.05, 0) is 17.7 Å². The molecule has 0 spiro atoms. The number of hydrogen-bond acceptors (Lipinski definition) is 3. The summed E-state index contributed by atoms with van der Waals surface area (Å²) in [5.41, 5.74) is 0. The third-order valence-electron chi connectivity index (χ3n) is 1.35. The number of hydrogen-bond donors (Lipinski definition) is 1. The van der Waals surface area contributed by atoms with Crippen LogP contribution < -0.4 is 0 Å². The van der Waals surface area contributed by atoms with Crippen LogP contribution in [0, 0.1) is 0 Å². The minimum Gasteiger partial charge on any atom is -0.400 e. The van der Waals surface area contributed by atoms with Gasteiger partial charge in [0.25, 0.3) is 0 Å². The van der Waals surface area contributed by atoms with Crippen molar-refractivity contribution in [3.8, 4) is 0 Å². The van der Waals surface area contributed by atoms with E-state index in [1.54, 1.807) is 14.2 Å². The molecule has 4 heteroatoms. The maximum Gasteiger partial charge on any atom is 0.320 e. The van der Waals surface area contributed by atoms with Crippen LogP contribution in [0.4, 0.5) is 0 Å². The van der Waals surface area contributed by atoms with E-state index in [-0.39, 0.29) is 0 Å². The maximum absolute atomic E-state index is 5.13. The third-order valence-corrected chi connectivity index (χ3v) is 3.46. The van der Waals surface area contributed by atoms with Gasteiger partial charge in [-0.25, -0.2) is 0 Å². The second-order valence-corrected chi connectivity index (χ2v) is 5.59. The highest BCUT2D eigenvalue weighted by Gasteiger charge is 2.09. The molecule has 10 heavy (non-hydrogen) atoms. The fourth-order valence-corrected chi connectivity index (χ4v) is 2.57. The van der Waals surface area contributed by atoms with Crippen molar-refractivity contribution >= 4 is 21.9 Å². The SMILES string of the molecule is CO[SiH](CCC(C)S)OC. The molecule has 0 saturated heterocycles. The molecule has 0 rings (SSSR count). The Balaban J connectivity index is 3.26. The zero-order valence-electron chi connectivity index (χ0n) is 6.83. The van der Waals surface area contributed by atoms with Gasteiger partial charge in [-0.3, -0.25) is 0 Å². The van der Waals surface area contributed by atoms with E-state index >= 15 is 0 Å². The molecule has 1 atom stereocenters. The first-order valence-electron chi connectivity index (χ1n) is 3.44. The van der Waals surface area contributed by atoms with Crippen molar-refractivity contribution < 1.29 is 8.85 Å². The van der Waals surface area contributed by atoms with Crippen molar-refractivity contribution in [3.05, 3.63) is 0 Å². The zero-order chi connectivity index (χ0) is 7.98. The van der Waals surface area contributed by atoms with Crippen molar-refractivity contribution in [2.75, 3.05) is 14.2 Å². The third kappa shape index (κ3) is 5.29. The van der Waals surface area contributed by atoms with Crippen LogP contribution in [0.15, 0.2) is 0 Å². The average molecular weight is 180 g/mol. The van der Waals surface area contributed by atoms with Crippen LogP contribution in [0.5, 0.6) is 0 Å². The van der Waals surface area contributed by atoms with E-state index in [0.29, 0.717) is 5.25 Å². The van der Waals surface area contributed by atoms with E-state index in [2.05, 4.69) is 19.6 Å². The summed E-state index contributed by atoms with van der Waals surface area (Å²) in [7, 11) is 2.13. The fraction of sp³-hybridized carbons (Fsp3) is 1.00. The smallest absolute Gasteiger partial charge is 0.320 e. The topological polar surface area (TPSA) is 18.5 Å². The Kier molecular flexibility index (Phi) is 6.52. The van der Waals surface area contributed by atoms with Crippen molar-refractivity contribution in [3.63, 3.8) is 0 Å². The summed E-state index contributed by atoms with van der Waals surface area (Å²) in [4.78, 5) is 0. The highest BCUT2D eigenvalue weighted by molar-refractivity contribution is 7.80. The predicted molar refractivity (Wildman–Crippen MR) is 49.0 cm³/mol. The number of rotatable bonds is 5. The molecule has 0 amide bonds.